The highest BCUT2D eigenvalue weighted by Crippen LogP contribution is 2.42. The Balaban J connectivity index is 2.14. The van der Waals surface area contributed by atoms with Crippen LogP contribution < -0.4 is 4.74 Å². The molecule has 1 aliphatic heterocycles. The summed E-state index contributed by atoms with van der Waals surface area (Å²) in [7, 11) is 5.19. The molecule has 1 aliphatic rings. The van der Waals surface area contributed by atoms with Crippen LogP contribution >= 0.6 is 0 Å². The fraction of sp³-hybridized carbons (Fsp3) is 0.304. The van der Waals surface area contributed by atoms with E-state index in [1.807, 2.05) is 19.0 Å². The quantitative estimate of drug-likeness (QED) is 0.400. The van der Waals surface area contributed by atoms with Crippen LogP contribution in [-0.4, -0.2) is 66.0 Å². The zero-order valence-electron chi connectivity index (χ0n) is 17.6. The Bertz CT molecular complexity index is 1030. The summed E-state index contributed by atoms with van der Waals surface area (Å²) in [6.07, 6.45) is 0.554. The van der Waals surface area contributed by atoms with Gasteiger partial charge in [0.05, 0.1) is 24.3 Å². The highest BCUT2D eigenvalue weighted by Gasteiger charge is 2.46. The number of aromatic hydroxyl groups is 1. The van der Waals surface area contributed by atoms with E-state index in [0.29, 0.717) is 18.7 Å². The summed E-state index contributed by atoms with van der Waals surface area (Å²) in [4.78, 5) is 28.9. The Kier molecular flexibility index (Phi) is 6.60. The number of hydrogen-bond donors (Lipinski definition) is 2. The van der Waals surface area contributed by atoms with Gasteiger partial charge in [-0.1, -0.05) is 18.2 Å². The third kappa shape index (κ3) is 4.39. The van der Waals surface area contributed by atoms with E-state index in [1.54, 1.807) is 6.07 Å². The number of carbonyl (C=O) groups is 2. The van der Waals surface area contributed by atoms with E-state index >= 15 is 0 Å². The van der Waals surface area contributed by atoms with Crippen LogP contribution in [0.25, 0.3) is 5.76 Å². The van der Waals surface area contributed by atoms with Crippen molar-refractivity contribution in [3.05, 3.63) is 65.0 Å². The van der Waals surface area contributed by atoms with Gasteiger partial charge in [0.1, 0.15) is 23.1 Å². The molecule has 2 aromatic rings. The third-order valence-corrected chi connectivity index (χ3v) is 5.20. The van der Waals surface area contributed by atoms with Gasteiger partial charge in [-0.15, -0.1) is 0 Å². The number of benzene rings is 2. The van der Waals surface area contributed by atoms with Gasteiger partial charge in [0.25, 0.3) is 11.7 Å². The van der Waals surface area contributed by atoms with Gasteiger partial charge in [-0.3, -0.25) is 9.59 Å². The van der Waals surface area contributed by atoms with Gasteiger partial charge in [-0.05, 0) is 45.3 Å². The number of amides is 1. The summed E-state index contributed by atoms with van der Waals surface area (Å²) in [5.41, 5.74) is -0.213. The summed E-state index contributed by atoms with van der Waals surface area (Å²) in [6.45, 7) is 0.861. The van der Waals surface area contributed by atoms with Gasteiger partial charge < -0.3 is 24.7 Å². The van der Waals surface area contributed by atoms with E-state index in [1.165, 1.54) is 48.4 Å². The van der Waals surface area contributed by atoms with Crippen LogP contribution in [0.15, 0.2) is 48.0 Å². The molecular weight excluding hydrogens is 403 g/mol. The molecule has 0 bridgehead atoms. The van der Waals surface area contributed by atoms with Crippen LogP contribution in [0.1, 0.15) is 23.6 Å². The van der Waals surface area contributed by atoms with Crippen molar-refractivity contribution in [3.8, 4) is 11.5 Å². The molecule has 7 nitrogen and oxygen atoms in total. The largest absolute Gasteiger partial charge is 0.507 e. The Morgan fingerprint density at radius 1 is 1.19 bits per heavy atom. The molecule has 31 heavy (non-hydrogen) atoms. The summed E-state index contributed by atoms with van der Waals surface area (Å²) < 4.78 is 19.7. The number of phenolic OH excluding ortho intramolecular Hbond substituents is 1. The molecule has 2 aromatic carbocycles. The smallest absolute Gasteiger partial charge is 0.295 e. The van der Waals surface area contributed by atoms with Gasteiger partial charge in [0.15, 0.2) is 0 Å². The number of hydrogen-bond acceptors (Lipinski definition) is 6. The third-order valence-electron chi connectivity index (χ3n) is 5.20. The topological polar surface area (TPSA) is 90.3 Å². The summed E-state index contributed by atoms with van der Waals surface area (Å²) in [6, 6.07) is 8.87. The van der Waals surface area contributed by atoms with E-state index < -0.39 is 29.3 Å². The zero-order chi connectivity index (χ0) is 22.7. The molecule has 8 heteroatoms. The first-order valence-electron chi connectivity index (χ1n) is 9.81. The van der Waals surface area contributed by atoms with Crippen molar-refractivity contribution in [1.29, 1.82) is 0 Å². The standard InChI is InChI=1S/C23H25FN2O5/c1-25(2)11-6-12-26-20(15-7-4-5-8-17(15)24)19(22(29)23(26)30)21(28)16-10-9-14(31-3)13-18(16)27/h4-5,7-10,13,20,27-28H,6,11-12H2,1-3H3. The molecule has 1 unspecified atom stereocenters. The first-order valence-corrected chi connectivity index (χ1v) is 9.81. The van der Waals surface area contributed by atoms with Crippen LogP contribution in [0.5, 0.6) is 11.5 Å². The lowest BCUT2D eigenvalue weighted by Crippen LogP contribution is -2.32. The minimum absolute atomic E-state index is 0.0477. The number of phenols is 1. The molecule has 1 heterocycles. The number of ketones is 1. The Hall–Kier alpha value is -3.39. The zero-order valence-corrected chi connectivity index (χ0v) is 17.6. The number of nitrogens with zero attached hydrogens (tertiary/aromatic N) is 2. The average Bonchev–Trinajstić information content (AvgIpc) is 2.98. The highest BCUT2D eigenvalue weighted by molar-refractivity contribution is 6.46. The number of aliphatic hydroxyl groups excluding tert-OH is 1. The van der Waals surface area contributed by atoms with Crippen LogP contribution in [0, 0.1) is 5.82 Å². The van der Waals surface area contributed by atoms with E-state index in [9.17, 15) is 24.2 Å². The van der Waals surface area contributed by atoms with E-state index in [0.717, 1.165) is 0 Å². The van der Waals surface area contributed by atoms with E-state index in [2.05, 4.69) is 0 Å². The van der Waals surface area contributed by atoms with Crippen LogP contribution in [0.2, 0.25) is 0 Å². The molecule has 0 aliphatic carbocycles. The minimum atomic E-state index is -1.11. The normalized spacial score (nSPS) is 18.1. The molecule has 1 amide bonds. The predicted octanol–water partition coefficient (Wildman–Crippen LogP) is 2.91. The van der Waals surface area contributed by atoms with Crippen LogP contribution in [-0.2, 0) is 9.59 Å². The van der Waals surface area contributed by atoms with Crippen molar-refractivity contribution in [1.82, 2.24) is 9.80 Å². The second-order valence-corrected chi connectivity index (χ2v) is 7.55. The fourth-order valence-electron chi connectivity index (χ4n) is 3.67. The predicted molar refractivity (Wildman–Crippen MR) is 113 cm³/mol. The molecule has 1 saturated heterocycles. The summed E-state index contributed by atoms with van der Waals surface area (Å²) in [5, 5.41) is 21.3. The Labute approximate surface area is 180 Å². The number of halogens is 1. The molecule has 2 N–H and O–H groups in total. The summed E-state index contributed by atoms with van der Waals surface area (Å²) in [5.74, 6) is -2.89. The number of rotatable bonds is 7. The van der Waals surface area contributed by atoms with Gasteiger partial charge in [-0.25, -0.2) is 4.39 Å². The first kappa shape index (κ1) is 22.3. The molecule has 0 aromatic heterocycles. The van der Waals surface area contributed by atoms with Gasteiger partial charge >= 0.3 is 0 Å². The van der Waals surface area contributed by atoms with E-state index in [4.69, 9.17) is 4.74 Å². The first-order chi connectivity index (χ1) is 14.8. The average molecular weight is 428 g/mol. The van der Waals surface area contributed by atoms with Gasteiger partial charge in [0, 0.05) is 18.2 Å². The maximum absolute atomic E-state index is 14.7. The van der Waals surface area contributed by atoms with Crippen molar-refractivity contribution in [2.75, 3.05) is 34.3 Å². The van der Waals surface area contributed by atoms with Crippen LogP contribution in [0.4, 0.5) is 4.39 Å². The van der Waals surface area contributed by atoms with Crippen molar-refractivity contribution >= 4 is 17.4 Å². The number of likely N-dealkylation sites (tertiary alicyclic amines) is 1. The monoisotopic (exact) mass is 428 g/mol. The van der Waals surface area contributed by atoms with Crippen molar-refractivity contribution in [2.45, 2.75) is 12.5 Å². The summed E-state index contributed by atoms with van der Waals surface area (Å²) >= 11 is 0. The fourth-order valence-corrected chi connectivity index (χ4v) is 3.67. The molecule has 1 fully saturated rings. The van der Waals surface area contributed by atoms with Gasteiger partial charge in [0.2, 0.25) is 0 Å². The van der Waals surface area contributed by atoms with Crippen molar-refractivity contribution in [2.24, 2.45) is 0 Å². The maximum Gasteiger partial charge on any atom is 0.295 e. The lowest BCUT2D eigenvalue weighted by molar-refractivity contribution is -0.140. The SMILES string of the molecule is COc1ccc(C(O)=C2C(=O)C(=O)N(CCCN(C)C)C2c2ccccc2F)c(O)c1. The number of methoxy groups -OCH3 is 1. The molecule has 3 rings (SSSR count). The molecule has 0 spiro atoms. The van der Waals surface area contributed by atoms with Crippen molar-refractivity contribution < 1.29 is 28.9 Å². The molecule has 164 valence electrons. The molecule has 0 radical (unpaired) electrons. The minimum Gasteiger partial charge on any atom is -0.507 e. The van der Waals surface area contributed by atoms with Gasteiger partial charge in [-0.2, -0.15) is 0 Å². The highest BCUT2D eigenvalue weighted by atomic mass is 19.1. The molecule has 1 atom stereocenters. The number of ether oxygens (including phenoxy) is 1. The van der Waals surface area contributed by atoms with Crippen molar-refractivity contribution in [3.63, 3.8) is 0 Å². The Morgan fingerprint density at radius 2 is 1.90 bits per heavy atom. The lowest BCUT2D eigenvalue weighted by atomic mass is 9.94. The number of carbonyl (C=O) groups excluding carboxylic acids is 2. The maximum atomic E-state index is 14.7. The second kappa shape index (κ2) is 9.18. The molecule has 0 saturated carbocycles. The lowest BCUT2D eigenvalue weighted by Gasteiger charge is -2.26. The van der Waals surface area contributed by atoms with E-state index in [-0.39, 0.29) is 29.0 Å². The second-order valence-electron chi connectivity index (χ2n) is 7.55. The number of aliphatic hydroxyl groups is 1. The number of Topliss-reactive ketones (excluding diaryl/α,β-unsaturated/α-hetero) is 1. The van der Waals surface area contributed by atoms with Crippen LogP contribution in [0.3, 0.4) is 0 Å². The Morgan fingerprint density at radius 3 is 2.52 bits per heavy atom. The molecular formula is C23H25FN2O5.